The normalized spacial score (nSPS) is 16.3. The molecule has 0 unspecified atom stereocenters. The van der Waals surface area contributed by atoms with Gasteiger partial charge in [0.2, 0.25) is 11.8 Å². The number of hydrogen-bond acceptors (Lipinski definition) is 6. The number of aliphatic imine (C=N–C) groups is 2. The Balaban J connectivity index is 1.26. The summed E-state index contributed by atoms with van der Waals surface area (Å²) in [6.45, 7) is 2.44. The molecule has 8 nitrogen and oxygen atoms in total. The fourth-order valence-corrected chi connectivity index (χ4v) is 5.77. The number of halogens is 1. The number of hydrogen-bond donors (Lipinski definition) is 2. The van der Waals surface area contributed by atoms with Crippen LogP contribution in [0, 0.1) is 0 Å². The quantitative estimate of drug-likeness (QED) is 0.323. The van der Waals surface area contributed by atoms with E-state index >= 15 is 0 Å². The van der Waals surface area contributed by atoms with E-state index in [1.54, 1.807) is 24.3 Å². The van der Waals surface area contributed by atoms with E-state index in [1.165, 1.54) is 16.7 Å². The molecule has 0 aliphatic carbocycles. The van der Waals surface area contributed by atoms with Crippen molar-refractivity contribution in [3.63, 3.8) is 0 Å². The minimum absolute atomic E-state index is 0.118. The largest absolute Gasteiger partial charge is 0.356 e. The van der Waals surface area contributed by atoms with E-state index in [0.29, 0.717) is 40.4 Å². The lowest BCUT2D eigenvalue weighted by atomic mass is 10.1. The molecular weight excluding hydrogens is 558 g/mol. The van der Waals surface area contributed by atoms with Gasteiger partial charge < -0.3 is 10.6 Å². The molecule has 3 aromatic rings. The Morgan fingerprint density at radius 2 is 1.76 bits per heavy atom. The first kappa shape index (κ1) is 28.6. The summed E-state index contributed by atoms with van der Waals surface area (Å²) >= 11 is 7.20. The van der Waals surface area contributed by atoms with Crippen LogP contribution in [0.2, 0.25) is 5.02 Å². The second kappa shape index (κ2) is 13.1. The van der Waals surface area contributed by atoms with Crippen molar-refractivity contribution in [3.8, 4) is 0 Å². The average molecular weight is 588 g/mol. The van der Waals surface area contributed by atoms with E-state index in [0.717, 1.165) is 17.5 Å². The van der Waals surface area contributed by atoms with Crippen LogP contribution in [-0.4, -0.2) is 51.5 Å². The maximum Gasteiger partial charge on any atom is 0.259 e. The number of rotatable bonds is 10. The van der Waals surface area contributed by atoms with Gasteiger partial charge in [-0.25, -0.2) is 9.89 Å². The van der Waals surface area contributed by atoms with Gasteiger partial charge in [-0.3, -0.25) is 19.4 Å². The van der Waals surface area contributed by atoms with Crippen molar-refractivity contribution < 1.29 is 14.4 Å². The first-order valence-electron chi connectivity index (χ1n) is 13.6. The number of fused-ring (bicyclic) bond motifs is 3. The summed E-state index contributed by atoms with van der Waals surface area (Å²) in [5, 5.41) is 6.33. The number of nitrogens with one attached hydrogen (secondary N) is 2. The summed E-state index contributed by atoms with van der Waals surface area (Å²) in [6.07, 6.45) is 1.72. The maximum atomic E-state index is 13.6. The van der Waals surface area contributed by atoms with Gasteiger partial charge in [0.25, 0.3) is 5.91 Å². The summed E-state index contributed by atoms with van der Waals surface area (Å²) in [7, 11) is 0. The summed E-state index contributed by atoms with van der Waals surface area (Å²) in [4.78, 5) is 50.3. The predicted octanol–water partition coefficient (Wildman–Crippen LogP) is 5.59. The fourth-order valence-electron chi connectivity index (χ4n) is 4.62. The number of carbonyl (C=O) groups excluding carboxylic acids is 3. The van der Waals surface area contributed by atoms with Gasteiger partial charge >= 0.3 is 0 Å². The van der Waals surface area contributed by atoms with Crippen LogP contribution < -0.4 is 10.6 Å². The van der Waals surface area contributed by atoms with Gasteiger partial charge in [-0.2, -0.15) is 0 Å². The molecule has 0 bridgehead atoms. The highest BCUT2D eigenvalue weighted by Gasteiger charge is 2.42. The minimum atomic E-state index is -0.704. The number of carbonyl (C=O) groups is 3. The Morgan fingerprint density at radius 3 is 2.51 bits per heavy atom. The molecule has 0 radical (unpaired) electrons. The van der Waals surface area contributed by atoms with E-state index in [4.69, 9.17) is 21.6 Å². The van der Waals surface area contributed by atoms with E-state index in [-0.39, 0.29) is 30.6 Å². The van der Waals surface area contributed by atoms with Gasteiger partial charge in [-0.1, -0.05) is 72.8 Å². The molecule has 0 saturated heterocycles. The smallest absolute Gasteiger partial charge is 0.259 e. The number of amidine groups is 2. The van der Waals surface area contributed by atoms with Crippen LogP contribution in [0.25, 0.3) is 0 Å². The molecule has 210 valence electrons. The number of thioether (sulfide) groups is 1. The molecule has 2 N–H and O–H groups in total. The van der Waals surface area contributed by atoms with Crippen molar-refractivity contribution >= 4 is 63.5 Å². The second-order valence-corrected chi connectivity index (χ2v) is 11.3. The van der Waals surface area contributed by atoms with Crippen molar-refractivity contribution in [3.05, 3.63) is 95.0 Å². The van der Waals surface area contributed by atoms with Crippen molar-refractivity contribution in [1.29, 1.82) is 0 Å². The fraction of sp³-hybridized carbons (Fsp3) is 0.258. The van der Waals surface area contributed by atoms with Gasteiger partial charge in [-0.15, -0.1) is 0 Å². The summed E-state index contributed by atoms with van der Waals surface area (Å²) < 4.78 is 0. The topological polar surface area (TPSA) is 103 Å². The van der Waals surface area contributed by atoms with E-state index in [9.17, 15) is 14.4 Å². The van der Waals surface area contributed by atoms with Crippen LogP contribution in [0.1, 0.15) is 37.3 Å². The van der Waals surface area contributed by atoms with Crippen molar-refractivity contribution in [2.24, 2.45) is 9.98 Å². The zero-order valence-electron chi connectivity index (χ0n) is 22.5. The molecule has 0 aromatic heterocycles. The van der Waals surface area contributed by atoms with Crippen LogP contribution in [0.4, 0.5) is 11.4 Å². The first-order valence-corrected chi connectivity index (χ1v) is 14.8. The highest BCUT2D eigenvalue weighted by molar-refractivity contribution is 8.15. The molecule has 2 atom stereocenters. The molecule has 3 amide bonds. The third-order valence-electron chi connectivity index (χ3n) is 6.79. The molecule has 2 aliphatic rings. The SMILES string of the molecule is CC[C@@H](SC1=Nc2ccccc2C2=N[C@H](CCC(=O)NCCc3ccccc3)C(=O)N12)C(=O)Nc1ccc(Cl)cc1. The third kappa shape index (κ3) is 6.86. The third-order valence-corrected chi connectivity index (χ3v) is 8.36. The molecule has 3 aromatic carbocycles. The first-order chi connectivity index (χ1) is 19.9. The van der Waals surface area contributed by atoms with E-state index in [2.05, 4.69) is 10.6 Å². The molecule has 41 heavy (non-hydrogen) atoms. The lowest BCUT2D eigenvalue weighted by Gasteiger charge is -2.27. The van der Waals surface area contributed by atoms with Crippen molar-refractivity contribution in [1.82, 2.24) is 10.2 Å². The highest BCUT2D eigenvalue weighted by atomic mass is 35.5. The average Bonchev–Trinajstić information content (AvgIpc) is 3.32. The van der Waals surface area contributed by atoms with Crippen LogP contribution in [0.5, 0.6) is 0 Å². The monoisotopic (exact) mass is 587 g/mol. The Hall–Kier alpha value is -3.95. The number of para-hydroxylation sites is 1. The Bertz CT molecular complexity index is 1490. The molecule has 10 heteroatoms. The highest BCUT2D eigenvalue weighted by Crippen LogP contribution is 2.36. The Kier molecular flexibility index (Phi) is 9.16. The van der Waals surface area contributed by atoms with Crippen molar-refractivity contribution in [2.45, 2.75) is 43.9 Å². The minimum Gasteiger partial charge on any atom is -0.356 e. The summed E-state index contributed by atoms with van der Waals surface area (Å²) in [5.74, 6) is -0.0565. The number of anilines is 1. The molecule has 0 fully saturated rings. The second-order valence-electron chi connectivity index (χ2n) is 9.69. The van der Waals surface area contributed by atoms with Gasteiger partial charge in [0.15, 0.2) is 5.17 Å². The Labute approximate surface area is 248 Å². The zero-order chi connectivity index (χ0) is 28.8. The molecule has 2 aliphatic heterocycles. The van der Waals surface area contributed by atoms with Crippen LogP contribution in [0.15, 0.2) is 88.8 Å². The van der Waals surface area contributed by atoms with Gasteiger partial charge in [-0.05, 0) is 61.2 Å². The van der Waals surface area contributed by atoms with E-state index in [1.807, 2.05) is 61.5 Å². The number of nitrogens with zero attached hydrogens (tertiary/aromatic N) is 3. The molecular formula is C31H30ClN5O3S. The van der Waals surface area contributed by atoms with Crippen LogP contribution >= 0.6 is 23.4 Å². The van der Waals surface area contributed by atoms with Crippen LogP contribution in [-0.2, 0) is 20.8 Å². The lowest BCUT2D eigenvalue weighted by molar-refractivity contribution is -0.125. The lowest BCUT2D eigenvalue weighted by Crippen LogP contribution is -2.42. The van der Waals surface area contributed by atoms with Gasteiger partial charge in [0.05, 0.1) is 10.9 Å². The summed E-state index contributed by atoms with van der Waals surface area (Å²) in [6, 6.07) is 23.6. The molecule has 0 spiro atoms. The summed E-state index contributed by atoms with van der Waals surface area (Å²) in [5.41, 5.74) is 3.22. The predicted molar refractivity (Wildman–Crippen MR) is 165 cm³/mol. The number of benzene rings is 3. The number of amides is 3. The Morgan fingerprint density at radius 1 is 1.02 bits per heavy atom. The molecule has 2 heterocycles. The van der Waals surface area contributed by atoms with Gasteiger partial charge in [0, 0.05) is 29.2 Å². The maximum absolute atomic E-state index is 13.6. The zero-order valence-corrected chi connectivity index (χ0v) is 24.1. The standard InChI is InChI=1S/C31H30ClN5O3S/c1-2-26(29(39)34-22-14-12-21(32)13-15-22)41-31-36-24-11-7-6-10-23(24)28-35-25(30(40)37(28)31)16-17-27(38)33-19-18-20-8-4-3-5-9-20/h3-15,25-26H,2,16-19H2,1H3,(H,33,38)(H,34,39)/t25-,26-/m1/s1. The molecule has 0 saturated carbocycles. The van der Waals surface area contributed by atoms with E-state index < -0.39 is 11.3 Å². The van der Waals surface area contributed by atoms with Gasteiger partial charge in [0.1, 0.15) is 11.9 Å². The van der Waals surface area contributed by atoms with Crippen molar-refractivity contribution in [2.75, 3.05) is 11.9 Å². The molecule has 5 rings (SSSR count). The van der Waals surface area contributed by atoms with Crippen LogP contribution in [0.3, 0.4) is 0 Å².